The Kier molecular flexibility index (Phi) is 2.72. The van der Waals surface area contributed by atoms with E-state index in [1.54, 1.807) is 0 Å². The first-order valence-corrected chi connectivity index (χ1v) is 8.88. The SMILES string of the molecule is [CH]1c2ccccc2-c2cccc(-c3cccc4oc5ccccc5c34)c21. The molecule has 4 aromatic carbocycles. The van der Waals surface area contributed by atoms with Crippen molar-refractivity contribution in [2.24, 2.45) is 0 Å². The van der Waals surface area contributed by atoms with E-state index in [1.807, 2.05) is 12.1 Å². The van der Waals surface area contributed by atoms with E-state index in [4.69, 9.17) is 4.42 Å². The quantitative estimate of drug-likeness (QED) is 0.322. The molecule has 1 nitrogen and oxygen atoms in total. The van der Waals surface area contributed by atoms with Crippen LogP contribution in [-0.2, 0) is 0 Å². The summed E-state index contributed by atoms with van der Waals surface area (Å²) < 4.78 is 6.09. The summed E-state index contributed by atoms with van der Waals surface area (Å²) in [6.45, 7) is 0. The summed E-state index contributed by atoms with van der Waals surface area (Å²) in [7, 11) is 0. The fraction of sp³-hybridized carbons (Fsp3) is 0. The van der Waals surface area contributed by atoms with Gasteiger partial charge in [-0.1, -0.05) is 72.8 Å². The molecular weight excluding hydrogens is 316 g/mol. The van der Waals surface area contributed by atoms with Gasteiger partial charge in [0, 0.05) is 17.2 Å². The van der Waals surface area contributed by atoms with Gasteiger partial charge in [0.1, 0.15) is 11.2 Å². The molecule has 0 spiro atoms. The van der Waals surface area contributed by atoms with Crippen LogP contribution in [0.1, 0.15) is 11.1 Å². The molecule has 6 rings (SSSR count). The van der Waals surface area contributed by atoms with E-state index in [0.717, 1.165) is 11.2 Å². The first-order valence-electron chi connectivity index (χ1n) is 8.88. The normalized spacial score (nSPS) is 12.5. The van der Waals surface area contributed by atoms with Gasteiger partial charge >= 0.3 is 0 Å². The highest BCUT2D eigenvalue weighted by Crippen LogP contribution is 2.45. The van der Waals surface area contributed by atoms with Crippen molar-refractivity contribution in [2.75, 3.05) is 0 Å². The van der Waals surface area contributed by atoms with Crippen molar-refractivity contribution in [1.82, 2.24) is 0 Å². The van der Waals surface area contributed by atoms with Gasteiger partial charge in [-0.25, -0.2) is 0 Å². The van der Waals surface area contributed by atoms with Crippen molar-refractivity contribution in [3.63, 3.8) is 0 Å². The zero-order chi connectivity index (χ0) is 17.1. The fourth-order valence-electron chi connectivity index (χ4n) is 4.21. The van der Waals surface area contributed by atoms with Gasteiger partial charge in [0.25, 0.3) is 0 Å². The molecular formula is C25H15O. The Balaban J connectivity index is 1.69. The molecule has 5 aromatic rings. The second-order valence-corrected chi connectivity index (χ2v) is 6.78. The van der Waals surface area contributed by atoms with E-state index in [1.165, 1.54) is 44.2 Å². The van der Waals surface area contributed by atoms with E-state index < -0.39 is 0 Å². The van der Waals surface area contributed by atoms with Crippen molar-refractivity contribution < 1.29 is 4.42 Å². The number of furan rings is 1. The number of fused-ring (bicyclic) bond motifs is 6. The Morgan fingerprint density at radius 2 is 1.15 bits per heavy atom. The third kappa shape index (κ3) is 1.80. The summed E-state index contributed by atoms with van der Waals surface area (Å²) in [6.07, 6.45) is 2.31. The predicted molar refractivity (Wildman–Crippen MR) is 107 cm³/mol. The fourth-order valence-corrected chi connectivity index (χ4v) is 4.21. The lowest BCUT2D eigenvalue weighted by molar-refractivity contribution is 0.669. The van der Waals surface area contributed by atoms with Crippen molar-refractivity contribution in [1.29, 1.82) is 0 Å². The summed E-state index contributed by atoms with van der Waals surface area (Å²) >= 11 is 0. The highest BCUT2D eigenvalue weighted by Gasteiger charge is 2.23. The Hall–Kier alpha value is -3.32. The van der Waals surface area contributed by atoms with E-state index in [-0.39, 0.29) is 0 Å². The Bertz CT molecular complexity index is 1310. The van der Waals surface area contributed by atoms with Crippen LogP contribution in [0.2, 0.25) is 0 Å². The third-order valence-corrected chi connectivity index (χ3v) is 5.35. The molecule has 0 amide bonds. The average molecular weight is 331 g/mol. The molecule has 1 aliphatic rings. The van der Waals surface area contributed by atoms with Gasteiger partial charge in [-0.05, 0) is 45.5 Å². The third-order valence-electron chi connectivity index (χ3n) is 5.35. The summed E-state index contributed by atoms with van der Waals surface area (Å²) in [6, 6.07) is 29.8. The number of rotatable bonds is 1. The van der Waals surface area contributed by atoms with Gasteiger partial charge < -0.3 is 4.42 Å². The zero-order valence-electron chi connectivity index (χ0n) is 14.1. The monoisotopic (exact) mass is 331 g/mol. The van der Waals surface area contributed by atoms with Crippen LogP contribution in [0.25, 0.3) is 44.2 Å². The molecule has 0 N–H and O–H groups in total. The maximum absolute atomic E-state index is 6.09. The number of para-hydroxylation sites is 1. The molecule has 1 radical (unpaired) electrons. The van der Waals surface area contributed by atoms with Crippen molar-refractivity contribution >= 4 is 21.9 Å². The molecule has 0 atom stereocenters. The van der Waals surface area contributed by atoms with Crippen LogP contribution >= 0.6 is 0 Å². The first kappa shape index (κ1) is 13.9. The Labute approximate surface area is 151 Å². The van der Waals surface area contributed by atoms with Crippen LogP contribution in [-0.4, -0.2) is 0 Å². The lowest BCUT2D eigenvalue weighted by atomic mass is 9.93. The van der Waals surface area contributed by atoms with E-state index in [2.05, 4.69) is 79.2 Å². The van der Waals surface area contributed by atoms with Crippen molar-refractivity contribution in [3.05, 3.63) is 102 Å². The standard InChI is InChI=1S/C25H15O/c1-2-8-17-16(7-1)15-22-18(17)10-5-11-19(22)20-12-6-14-24-25(20)21-9-3-4-13-23(21)26-24/h1-15H. The van der Waals surface area contributed by atoms with Crippen LogP contribution in [0.15, 0.2) is 89.3 Å². The summed E-state index contributed by atoms with van der Waals surface area (Å²) in [5, 5.41) is 2.37. The summed E-state index contributed by atoms with van der Waals surface area (Å²) in [4.78, 5) is 0. The highest BCUT2D eigenvalue weighted by molar-refractivity contribution is 6.13. The molecule has 1 aliphatic carbocycles. The average Bonchev–Trinajstić information content (AvgIpc) is 3.26. The molecule has 1 heterocycles. The molecule has 0 unspecified atom stereocenters. The van der Waals surface area contributed by atoms with Gasteiger partial charge in [0.05, 0.1) is 0 Å². The Morgan fingerprint density at radius 3 is 2.12 bits per heavy atom. The van der Waals surface area contributed by atoms with E-state index in [9.17, 15) is 0 Å². The van der Waals surface area contributed by atoms with Gasteiger partial charge in [0.15, 0.2) is 0 Å². The molecule has 0 bridgehead atoms. The minimum atomic E-state index is 0.940. The van der Waals surface area contributed by atoms with E-state index in [0.29, 0.717) is 0 Å². The molecule has 0 saturated carbocycles. The molecule has 121 valence electrons. The summed E-state index contributed by atoms with van der Waals surface area (Å²) in [5.74, 6) is 0. The van der Waals surface area contributed by atoms with Gasteiger partial charge in [-0.3, -0.25) is 0 Å². The van der Waals surface area contributed by atoms with Gasteiger partial charge in [-0.15, -0.1) is 0 Å². The van der Waals surface area contributed by atoms with Gasteiger partial charge in [-0.2, -0.15) is 0 Å². The maximum Gasteiger partial charge on any atom is 0.136 e. The molecule has 1 aromatic heterocycles. The molecule has 26 heavy (non-hydrogen) atoms. The topological polar surface area (TPSA) is 13.1 Å². The zero-order valence-corrected chi connectivity index (χ0v) is 14.1. The molecule has 0 fully saturated rings. The number of hydrogen-bond donors (Lipinski definition) is 0. The summed E-state index contributed by atoms with van der Waals surface area (Å²) in [5.41, 5.74) is 9.58. The maximum atomic E-state index is 6.09. The van der Waals surface area contributed by atoms with Gasteiger partial charge in [0.2, 0.25) is 0 Å². The molecule has 0 saturated heterocycles. The minimum absolute atomic E-state index is 0.940. The van der Waals surface area contributed by atoms with Crippen LogP contribution in [0.3, 0.4) is 0 Å². The second kappa shape index (κ2) is 5.09. The van der Waals surface area contributed by atoms with Crippen LogP contribution in [0, 0.1) is 6.42 Å². The Morgan fingerprint density at radius 1 is 0.500 bits per heavy atom. The van der Waals surface area contributed by atoms with Crippen molar-refractivity contribution in [2.45, 2.75) is 0 Å². The number of benzene rings is 4. The number of hydrogen-bond acceptors (Lipinski definition) is 1. The lowest BCUT2D eigenvalue weighted by Gasteiger charge is -2.10. The van der Waals surface area contributed by atoms with Crippen LogP contribution in [0.4, 0.5) is 0 Å². The lowest BCUT2D eigenvalue weighted by Crippen LogP contribution is -1.87. The highest BCUT2D eigenvalue weighted by atomic mass is 16.3. The largest absolute Gasteiger partial charge is 0.456 e. The molecule has 0 aliphatic heterocycles. The van der Waals surface area contributed by atoms with Crippen LogP contribution < -0.4 is 0 Å². The first-order chi connectivity index (χ1) is 12.9. The van der Waals surface area contributed by atoms with Crippen molar-refractivity contribution in [3.8, 4) is 22.3 Å². The van der Waals surface area contributed by atoms with Crippen LogP contribution in [0.5, 0.6) is 0 Å². The minimum Gasteiger partial charge on any atom is -0.456 e. The van der Waals surface area contributed by atoms with E-state index >= 15 is 0 Å². The predicted octanol–water partition coefficient (Wildman–Crippen LogP) is 6.83. The second-order valence-electron chi connectivity index (χ2n) is 6.78. The smallest absolute Gasteiger partial charge is 0.136 e. The molecule has 1 heteroatoms.